The van der Waals surface area contributed by atoms with Crippen molar-refractivity contribution >= 4 is 11.6 Å². The van der Waals surface area contributed by atoms with Gasteiger partial charge in [0.05, 0.1) is 0 Å². The second kappa shape index (κ2) is 13.4. The number of rotatable bonds is 0. The summed E-state index contributed by atoms with van der Waals surface area (Å²) >= 11 is 5.40. The first kappa shape index (κ1) is 22.6. The summed E-state index contributed by atoms with van der Waals surface area (Å²) in [5, 5.41) is 0.488. The number of pyridine rings is 1. The molecule has 0 atom stereocenters. The first-order chi connectivity index (χ1) is 3.39. The summed E-state index contributed by atoms with van der Waals surface area (Å²) in [4.78, 5) is 3.71. The van der Waals surface area contributed by atoms with Crippen LogP contribution in [0.4, 0.5) is 0 Å². The van der Waals surface area contributed by atoms with Crippen molar-refractivity contribution in [3.05, 3.63) is 51.8 Å². The molecular formula is C8H12CeClN. The summed E-state index contributed by atoms with van der Waals surface area (Å²) in [7, 11) is 0. The van der Waals surface area contributed by atoms with E-state index in [1.807, 2.05) is 0 Å². The fraction of sp³-hybridized carbons (Fsp3) is 0. The van der Waals surface area contributed by atoms with E-state index in [1.165, 1.54) is 0 Å². The van der Waals surface area contributed by atoms with E-state index in [0.29, 0.717) is 5.15 Å². The summed E-state index contributed by atoms with van der Waals surface area (Å²) in [6.45, 7) is 0. The number of nitrogens with zero attached hydrogens (tertiary/aromatic N) is 1. The van der Waals surface area contributed by atoms with Crippen LogP contribution in [0.3, 0.4) is 0 Å². The van der Waals surface area contributed by atoms with Crippen molar-refractivity contribution in [3.63, 3.8) is 0 Å². The van der Waals surface area contributed by atoms with Crippen molar-refractivity contribution < 1.29 is 41.7 Å². The third-order valence-electron chi connectivity index (χ3n) is 0.571. The molecule has 60 valence electrons. The monoisotopic (exact) mass is 297 g/mol. The standard InChI is InChI=1S/C5H3ClN.3CH3.Ce/c6-5-3-1-2-4-7-5;;;;/h2-4H;3*1H3;/q4*-1;+4. The SMILES string of the molecule is Clc1c[c-]ccn1.[CH3-].[CH3-].[CH3-].[Ce+4]. The maximum atomic E-state index is 5.40. The maximum Gasteiger partial charge on any atom is 4.00 e. The van der Waals surface area contributed by atoms with Crippen LogP contribution in [0.1, 0.15) is 0 Å². The minimum atomic E-state index is 0. The topological polar surface area (TPSA) is 12.9 Å². The van der Waals surface area contributed by atoms with Gasteiger partial charge in [-0.3, -0.25) is 0 Å². The van der Waals surface area contributed by atoms with E-state index in [1.54, 1.807) is 18.3 Å². The Balaban J connectivity index is -0.0000000612. The summed E-state index contributed by atoms with van der Waals surface area (Å²) in [5.41, 5.74) is 0. The first-order valence-corrected chi connectivity index (χ1v) is 2.25. The van der Waals surface area contributed by atoms with Crippen LogP contribution in [0.5, 0.6) is 0 Å². The molecule has 0 aliphatic rings. The Morgan fingerprint density at radius 3 is 2.00 bits per heavy atom. The quantitative estimate of drug-likeness (QED) is 0.530. The number of hydrogen-bond donors (Lipinski definition) is 0. The maximum absolute atomic E-state index is 5.40. The Labute approximate surface area is 109 Å². The molecular weight excluding hydrogens is 286 g/mol. The van der Waals surface area contributed by atoms with Gasteiger partial charge in [0, 0.05) is 5.15 Å². The van der Waals surface area contributed by atoms with E-state index < -0.39 is 0 Å². The summed E-state index contributed by atoms with van der Waals surface area (Å²) in [6, 6.07) is 6.08. The van der Waals surface area contributed by atoms with E-state index in [4.69, 9.17) is 11.6 Å². The molecule has 0 unspecified atom stereocenters. The fourth-order valence-electron chi connectivity index (χ4n) is 0.306. The molecule has 0 saturated heterocycles. The number of halogens is 1. The normalized spacial score (nSPS) is 5.55. The van der Waals surface area contributed by atoms with Gasteiger partial charge in [0.25, 0.3) is 0 Å². The van der Waals surface area contributed by atoms with Gasteiger partial charge in [0.15, 0.2) is 0 Å². The average Bonchev–Trinajstić information content (AvgIpc) is 1.69. The van der Waals surface area contributed by atoms with Crippen LogP contribution in [-0.4, -0.2) is 4.98 Å². The van der Waals surface area contributed by atoms with Gasteiger partial charge in [-0.25, -0.2) is 0 Å². The molecule has 0 radical (unpaired) electrons. The van der Waals surface area contributed by atoms with E-state index in [-0.39, 0.29) is 64.0 Å². The van der Waals surface area contributed by atoms with E-state index >= 15 is 0 Å². The molecule has 1 aromatic rings. The molecule has 3 heteroatoms. The summed E-state index contributed by atoms with van der Waals surface area (Å²) < 4.78 is 0. The van der Waals surface area contributed by atoms with Crippen LogP contribution >= 0.6 is 11.6 Å². The Hall–Kier alpha value is 0.817. The second-order valence-electron chi connectivity index (χ2n) is 1.08. The zero-order chi connectivity index (χ0) is 5.11. The minimum Gasteiger partial charge on any atom is -0.372 e. The van der Waals surface area contributed by atoms with Crippen LogP contribution in [0, 0.1) is 70.1 Å². The number of hydrogen-bond acceptors (Lipinski definition) is 1. The molecule has 1 rings (SSSR count). The van der Waals surface area contributed by atoms with Crippen LogP contribution in [0.15, 0.2) is 18.3 Å². The third-order valence-corrected chi connectivity index (χ3v) is 0.778. The molecule has 1 heterocycles. The fourth-order valence-corrected chi connectivity index (χ4v) is 0.425. The molecule has 1 nitrogen and oxygen atoms in total. The molecule has 0 bridgehead atoms. The van der Waals surface area contributed by atoms with Gasteiger partial charge >= 0.3 is 41.7 Å². The van der Waals surface area contributed by atoms with Gasteiger partial charge in [-0.1, -0.05) is 6.20 Å². The molecule has 0 saturated carbocycles. The zero-order valence-electron chi connectivity index (χ0n) is 7.06. The Morgan fingerprint density at radius 1 is 1.27 bits per heavy atom. The number of aromatic nitrogens is 1. The van der Waals surface area contributed by atoms with Crippen molar-refractivity contribution in [1.29, 1.82) is 0 Å². The van der Waals surface area contributed by atoms with Gasteiger partial charge in [-0.2, -0.15) is 12.1 Å². The van der Waals surface area contributed by atoms with Crippen molar-refractivity contribution in [2.45, 2.75) is 0 Å². The largest absolute Gasteiger partial charge is 4.00 e. The smallest absolute Gasteiger partial charge is 0.372 e. The molecule has 0 aromatic carbocycles. The van der Waals surface area contributed by atoms with Crippen LogP contribution < -0.4 is 0 Å². The van der Waals surface area contributed by atoms with Crippen molar-refractivity contribution in [3.8, 4) is 0 Å². The average molecular weight is 298 g/mol. The summed E-state index contributed by atoms with van der Waals surface area (Å²) in [5.74, 6) is 0. The van der Waals surface area contributed by atoms with Gasteiger partial charge < -0.3 is 27.3 Å². The predicted octanol–water partition coefficient (Wildman–Crippen LogP) is 2.89. The molecule has 11 heavy (non-hydrogen) atoms. The van der Waals surface area contributed by atoms with Crippen molar-refractivity contribution in [1.82, 2.24) is 4.98 Å². The first-order valence-electron chi connectivity index (χ1n) is 1.87. The minimum absolute atomic E-state index is 0. The van der Waals surface area contributed by atoms with Gasteiger partial charge in [0.1, 0.15) is 0 Å². The van der Waals surface area contributed by atoms with E-state index in [9.17, 15) is 0 Å². The van der Waals surface area contributed by atoms with Gasteiger partial charge in [0.2, 0.25) is 0 Å². The molecule has 1 aromatic heterocycles. The van der Waals surface area contributed by atoms with E-state index in [0.717, 1.165) is 0 Å². The van der Waals surface area contributed by atoms with Crippen molar-refractivity contribution in [2.75, 3.05) is 0 Å². The third kappa shape index (κ3) is 10.8. The van der Waals surface area contributed by atoms with Gasteiger partial charge in [-0.05, 0) is 0 Å². The van der Waals surface area contributed by atoms with E-state index in [2.05, 4.69) is 11.1 Å². The molecule has 0 amide bonds. The second-order valence-corrected chi connectivity index (χ2v) is 1.47. The molecule has 0 fully saturated rings. The zero-order valence-corrected chi connectivity index (χ0v) is 11.0. The Bertz CT molecular complexity index is 144. The molecule has 0 aliphatic heterocycles. The van der Waals surface area contributed by atoms with Crippen LogP contribution in [0.2, 0.25) is 5.15 Å². The van der Waals surface area contributed by atoms with Crippen molar-refractivity contribution in [2.24, 2.45) is 0 Å². The predicted molar refractivity (Wildman–Crippen MR) is 47.3 cm³/mol. The Morgan fingerprint density at radius 2 is 1.82 bits per heavy atom. The van der Waals surface area contributed by atoms with Gasteiger partial charge in [-0.15, -0.1) is 17.7 Å². The molecule has 0 aliphatic carbocycles. The Kier molecular flexibility index (Phi) is 27.6. The summed E-state index contributed by atoms with van der Waals surface area (Å²) in [6.07, 6.45) is 1.60. The molecule has 0 spiro atoms. The molecule has 0 N–H and O–H groups in total. The van der Waals surface area contributed by atoms with Crippen LogP contribution in [-0.2, 0) is 0 Å². The van der Waals surface area contributed by atoms with Crippen LogP contribution in [0.25, 0.3) is 0 Å².